The predicted octanol–water partition coefficient (Wildman–Crippen LogP) is 2.81. The van der Waals surface area contributed by atoms with E-state index in [9.17, 15) is 0 Å². The maximum atomic E-state index is 5.83. The van der Waals surface area contributed by atoms with Gasteiger partial charge in [-0.05, 0) is 25.8 Å². The van der Waals surface area contributed by atoms with Gasteiger partial charge < -0.3 is 0 Å². The molecule has 0 N–H and O–H groups in total. The molecule has 0 heterocycles. The van der Waals surface area contributed by atoms with E-state index in [1.54, 1.807) is 0 Å². The van der Waals surface area contributed by atoms with Crippen LogP contribution >= 0.6 is 11.6 Å². The predicted molar refractivity (Wildman–Crippen MR) is 58.1 cm³/mol. The van der Waals surface area contributed by atoms with Gasteiger partial charge in [-0.2, -0.15) is 0 Å². The number of nitrogens with zero attached hydrogens (tertiary/aromatic N) is 2. The van der Waals surface area contributed by atoms with Crippen molar-refractivity contribution in [2.75, 3.05) is 6.54 Å². The van der Waals surface area contributed by atoms with Gasteiger partial charge in [0, 0.05) is 17.1 Å². The normalized spacial score (nSPS) is 11.4. The molecular formula is C10H11ClN2. The molecule has 3 heteroatoms. The maximum Gasteiger partial charge on any atom is 0.153 e. The van der Waals surface area contributed by atoms with Crippen molar-refractivity contribution in [2.45, 2.75) is 6.92 Å². The summed E-state index contributed by atoms with van der Waals surface area (Å²) in [5.74, 6) is 0.644. The van der Waals surface area contributed by atoms with Crippen LogP contribution in [-0.4, -0.2) is 19.1 Å². The molecule has 0 fully saturated rings. The van der Waals surface area contributed by atoms with Gasteiger partial charge in [-0.1, -0.05) is 23.7 Å². The Kier molecular flexibility index (Phi) is 3.65. The molecule has 0 saturated heterocycles. The molecule has 0 radical (unpaired) electrons. The number of halogens is 1. The van der Waals surface area contributed by atoms with Gasteiger partial charge in [-0.25, -0.2) is 4.99 Å². The summed E-state index contributed by atoms with van der Waals surface area (Å²) < 4.78 is 0. The topological polar surface area (TPSA) is 24.7 Å². The molecule has 13 heavy (non-hydrogen) atoms. The van der Waals surface area contributed by atoms with Crippen LogP contribution in [0.5, 0.6) is 0 Å². The summed E-state index contributed by atoms with van der Waals surface area (Å²) in [5.41, 5.74) is 0.907. The molecule has 1 aromatic carbocycles. The van der Waals surface area contributed by atoms with Crippen LogP contribution < -0.4 is 0 Å². The Hall–Kier alpha value is -1.15. The lowest BCUT2D eigenvalue weighted by atomic mass is 10.2. The lowest BCUT2D eigenvalue weighted by Crippen LogP contribution is -1.96. The fourth-order valence-electron chi connectivity index (χ4n) is 1.01. The van der Waals surface area contributed by atoms with Crippen molar-refractivity contribution in [3.63, 3.8) is 0 Å². The molecule has 2 nitrogen and oxygen atoms in total. The molecule has 0 aliphatic heterocycles. The third kappa shape index (κ3) is 2.67. The molecule has 0 unspecified atom stereocenters. The molecule has 0 aliphatic rings. The Morgan fingerprint density at radius 3 is 2.85 bits per heavy atom. The van der Waals surface area contributed by atoms with Crippen molar-refractivity contribution in [3.8, 4) is 0 Å². The molecule has 0 atom stereocenters. The number of benzene rings is 1. The highest BCUT2D eigenvalue weighted by atomic mass is 35.5. The van der Waals surface area contributed by atoms with Crippen molar-refractivity contribution >= 4 is 24.2 Å². The second kappa shape index (κ2) is 4.77. The molecule has 1 aromatic rings. The Bertz CT molecular complexity index is 331. The first-order valence-corrected chi connectivity index (χ1v) is 4.43. The summed E-state index contributed by atoms with van der Waals surface area (Å²) >= 11 is 5.83. The van der Waals surface area contributed by atoms with E-state index in [1.165, 1.54) is 0 Å². The summed E-state index contributed by atoms with van der Waals surface area (Å²) in [6.07, 6.45) is 0. The molecule has 0 aliphatic carbocycles. The fraction of sp³-hybridized carbons (Fsp3) is 0.200. The summed E-state index contributed by atoms with van der Waals surface area (Å²) in [4.78, 5) is 8.01. The van der Waals surface area contributed by atoms with Crippen molar-refractivity contribution in [3.05, 3.63) is 34.9 Å². The van der Waals surface area contributed by atoms with E-state index in [4.69, 9.17) is 11.6 Å². The van der Waals surface area contributed by atoms with E-state index in [2.05, 4.69) is 16.7 Å². The standard InChI is InChI=1S/C10H11ClN2/c1-3-13-10(12-2)8-5-4-6-9(11)7-8/h4-7H,2-3H2,1H3. The molecular weight excluding hydrogens is 184 g/mol. The quantitative estimate of drug-likeness (QED) is 0.511. The molecule has 0 spiro atoms. The summed E-state index contributed by atoms with van der Waals surface area (Å²) in [5, 5.41) is 0.685. The molecule has 1 rings (SSSR count). The number of amidine groups is 1. The average Bonchev–Trinajstić information content (AvgIpc) is 2.14. The van der Waals surface area contributed by atoms with Gasteiger partial charge in [0.05, 0.1) is 0 Å². The van der Waals surface area contributed by atoms with Gasteiger partial charge in [-0.15, -0.1) is 0 Å². The molecule has 0 saturated carbocycles. The highest BCUT2D eigenvalue weighted by molar-refractivity contribution is 6.31. The first-order chi connectivity index (χ1) is 6.27. The van der Waals surface area contributed by atoms with Crippen molar-refractivity contribution in [2.24, 2.45) is 9.98 Å². The van der Waals surface area contributed by atoms with E-state index >= 15 is 0 Å². The highest BCUT2D eigenvalue weighted by Gasteiger charge is 1.99. The van der Waals surface area contributed by atoms with Crippen LogP contribution in [0.2, 0.25) is 5.02 Å². The summed E-state index contributed by atoms with van der Waals surface area (Å²) in [7, 11) is 0. The van der Waals surface area contributed by atoms with Crippen molar-refractivity contribution in [1.82, 2.24) is 0 Å². The number of hydrogen-bond acceptors (Lipinski definition) is 1. The van der Waals surface area contributed by atoms with Gasteiger partial charge in [0.25, 0.3) is 0 Å². The van der Waals surface area contributed by atoms with Crippen molar-refractivity contribution < 1.29 is 0 Å². The minimum absolute atomic E-state index is 0.644. The van der Waals surface area contributed by atoms with Gasteiger partial charge in [-0.3, -0.25) is 4.99 Å². The summed E-state index contributed by atoms with van der Waals surface area (Å²) in [6, 6.07) is 7.42. The Balaban J connectivity index is 3.05. The van der Waals surface area contributed by atoms with Crippen LogP contribution in [0.3, 0.4) is 0 Å². The number of hydrogen-bond donors (Lipinski definition) is 0. The van der Waals surface area contributed by atoms with Crippen LogP contribution in [0.25, 0.3) is 0 Å². The second-order valence-electron chi connectivity index (χ2n) is 2.47. The molecule has 0 bridgehead atoms. The van der Waals surface area contributed by atoms with E-state index in [0.29, 0.717) is 17.4 Å². The number of aliphatic imine (C=N–C) groups is 2. The van der Waals surface area contributed by atoms with E-state index in [0.717, 1.165) is 5.56 Å². The maximum absolute atomic E-state index is 5.83. The average molecular weight is 195 g/mol. The summed E-state index contributed by atoms with van der Waals surface area (Å²) in [6.45, 7) is 6.11. The third-order valence-electron chi connectivity index (χ3n) is 1.54. The minimum Gasteiger partial charge on any atom is -0.267 e. The van der Waals surface area contributed by atoms with E-state index in [1.807, 2.05) is 31.2 Å². The Morgan fingerprint density at radius 2 is 2.31 bits per heavy atom. The van der Waals surface area contributed by atoms with Crippen molar-refractivity contribution in [1.29, 1.82) is 0 Å². The monoisotopic (exact) mass is 194 g/mol. The third-order valence-corrected chi connectivity index (χ3v) is 1.78. The van der Waals surface area contributed by atoms with Gasteiger partial charge in [0.2, 0.25) is 0 Å². The zero-order valence-electron chi connectivity index (χ0n) is 7.50. The minimum atomic E-state index is 0.644. The van der Waals surface area contributed by atoms with Crippen LogP contribution in [0.4, 0.5) is 0 Å². The molecule has 0 amide bonds. The molecule has 0 aromatic heterocycles. The first kappa shape index (κ1) is 9.93. The van der Waals surface area contributed by atoms with Crippen LogP contribution in [0, 0.1) is 0 Å². The second-order valence-corrected chi connectivity index (χ2v) is 2.90. The van der Waals surface area contributed by atoms with E-state index < -0.39 is 0 Å². The molecule has 68 valence electrons. The number of rotatable bonds is 2. The zero-order valence-corrected chi connectivity index (χ0v) is 8.25. The lowest BCUT2D eigenvalue weighted by Gasteiger charge is -1.99. The largest absolute Gasteiger partial charge is 0.267 e. The van der Waals surface area contributed by atoms with Gasteiger partial charge in [0.1, 0.15) is 0 Å². The van der Waals surface area contributed by atoms with Crippen LogP contribution in [0.1, 0.15) is 12.5 Å². The first-order valence-electron chi connectivity index (χ1n) is 4.05. The Morgan fingerprint density at radius 1 is 1.54 bits per heavy atom. The highest BCUT2D eigenvalue weighted by Crippen LogP contribution is 2.11. The van der Waals surface area contributed by atoms with Gasteiger partial charge in [0.15, 0.2) is 5.84 Å². The lowest BCUT2D eigenvalue weighted by molar-refractivity contribution is 1.12. The zero-order chi connectivity index (χ0) is 9.68. The van der Waals surface area contributed by atoms with Crippen LogP contribution in [0.15, 0.2) is 34.3 Å². The van der Waals surface area contributed by atoms with Crippen LogP contribution in [-0.2, 0) is 0 Å². The van der Waals surface area contributed by atoms with Gasteiger partial charge >= 0.3 is 0 Å². The van der Waals surface area contributed by atoms with E-state index in [-0.39, 0.29) is 0 Å². The smallest absolute Gasteiger partial charge is 0.153 e. The SMILES string of the molecule is C=NC(=NCC)c1cccc(Cl)c1. The fourth-order valence-corrected chi connectivity index (χ4v) is 1.20. The Labute approximate surface area is 83.0 Å².